The fourth-order valence-electron chi connectivity index (χ4n) is 3.39. The summed E-state index contributed by atoms with van der Waals surface area (Å²) in [5, 5.41) is 1.84. The summed E-state index contributed by atoms with van der Waals surface area (Å²) in [6, 6.07) is 11.1. The number of hydrogen-bond donors (Lipinski definition) is 0. The molecule has 0 unspecified atom stereocenters. The van der Waals surface area contributed by atoms with E-state index in [9.17, 15) is 4.79 Å². The molecule has 2 aliphatic heterocycles. The minimum atomic E-state index is 0.0883. The highest BCUT2D eigenvalue weighted by Crippen LogP contribution is 2.34. The Labute approximate surface area is 128 Å². The molecule has 2 fully saturated rings. The van der Waals surface area contributed by atoms with Crippen molar-refractivity contribution in [2.75, 3.05) is 19.6 Å². The molecule has 4 rings (SSSR count). The van der Waals surface area contributed by atoms with Crippen molar-refractivity contribution in [3.05, 3.63) is 52.5 Å². The van der Waals surface area contributed by atoms with E-state index < -0.39 is 0 Å². The summed E-state index contributed by atoms with van der Waals surface area (Å²) in [6.07, 6.45) is 0. The fraction of sp³-hybridized carbons (Fsp3) is 0.375. The average Bonchev–Trinajstić information content (AvgIpc) is 3.13. The third-order valence-corrected chi connectivity index (χ3v) is 5.10. The zero-order chi connectivity index (χ0) is 14.2. The number of aromatic nitrogens is 1. The second-order valence-electron chi connectivity index (χ2n) is 5.83. The standard InChI is InChI=1S/C16H17N3OS/c20-16(14-10-21-11-17-14)19-8-13-7-18(15(13)9-19)6-12-4-2-1-3-5-12/h1-5,10-11,13,15H,6-9H2/t13-,15+/m1/s1. The lowest BCUT2D eigenvalue weighted by Crippen LogP contribution is -2.54. The largest absolute Gasteiger partial charge is 0.335 e. The van der Waals surface area contributed by atoms with Gasteiger partial charge < -0.3 is 4.90 Å². The van der Waals surface area contributed by atoms with Crippen molar-refractivity contribution in [1.29, 1.82) is 0 Å². The molecule has 1 aromatic carbocycles. The minimum absolute atomic E-state index is 0.0883. The van der Waals surface area contributed by atoms with E-state index in [1.165, 1.54) is 16.9 Å². The van der Waals surface area contributed by atoms with E-state index in [0.29, 0.717) is 17.7 Å². The van der Waals surface area contributed by atoms with Gasteiger partial charge in [0.05, 0.1) is 5.51 Å². The molecule has 5 heteroatoms. The lowest BCUT2D eigenvalue weighted by Gasteiger charge is -2.43. The highest BCUT2D eigenvalue weighted by atomic mass is 32.1. The first-order chi connectivity index (χ1) is 10.3. The van der Waals surface area contributed by atoms with Gasteiger partial charge >= 0.3 is 0 Å². The number of fused-ring (bicyclic) bond motifs is 1. The van der Waals surface area contributed by atoms with Crippen LogP contribution in [0.15, 0.2) is 41.2 Å². The number of benzene rings is 1. The van der Waals surface area contributed by atoms with Crippen LogP contribution in [0.5, 0.6) is 0 Å². The molecular weight excluding hydrogens is 282 g/mol. The highest BCUT2D eigenvalue weighted by Gasteiger charge is 2.46. The Kier molecular flexibility index (Phi) is 3.24. The van der Waals surface area contributed by atoms with Gasteiger partial charge in [-0.2, -0.15) is 0 Å². The molecule has 2 saturated heterocycles. The Morgan fingerprint density at radius 3 is 2.86 bits per heavy atom. The molecule has 0 spiro atoms. The maximum Gasteiger partial charge on any atom is 0.273 e. The Hall–Kier alpha value is -1.72. The number of likely N-dealkylation sites (tertiary alicyclic amines) is 2. The van der Waals surface area contributed by atoms with Crippen LogP contribution in [0, 0.1) is 5.92 Å². The van der Waals surface area contributed by atoms with Crippen molar-refractivity contribution in [1.82, 2.24) is 14.8 Å². The third kappa shape index (κ3) is 2.36. The van der Waals surface area contributed by atoms with Crippen LogP contribution in [-0.4, -0.2) is 46.4 Å². The predicted molar refractivity (Wildman–Crippen MR) is 82.1 cm³/mol. The molecule has 0 saturated carbocycles. The molecule has 0 radical (unpaired) electrons. The van der Waals surface area contributed by atoms with E-state index in [1.807, 2.05) is 16.3 Å². The molecule has 4 nitrogen and oxygen atoms in total. The molecule has 2 atom stereocenters. The molecule has 2 aliphatic rings. The van der Waals surface area contributed by atoms with Crippen molar-refractivity contribution in [2.24, 2.45) is 5.92 Å². The van der Waals surface area contributed by atoms with E-state index in [2.05, 4.69) is 34.1 Å². The Bertz CT molecular complexity index is 628. The topological polar surface area (TPSA) is 36.4 Å². The lowest BCUT2D eigenvalue weighted by molar-refractivity contribution is 0.0433. The molecule has 1 aromatic heterocycles. The summed E-state index contributed by atoms with van der Waals surface area (Å²) in [7, 11) is 0. The number of carbonyl (C=O) groups excluding carboxylic acids is 1. The first-order valence-electron chi connectivity index (χ1n) is 7.27. The molecule has 3 heterocycles. The smallest absolute Gasteiger partial charge is 0.273 e. The van der Waals surface area contributed by atoms with E-state index >= 15 is 0 Å². The summed E-state index contributed by atoms with van der Waals surface area (Å²) in [5.74, 6) is 0.724. The number of carbonyl (C=O) groups is 1. The number of nitrogens with zero attached hydrogens (tertiary/aromatic N) is 3. The normalized spacial score (nSPS) is 24.7. The number of hydrogen-bond acceptors (Lipinski definition) is 4. The van der Waals surface area contributed by atoms with Crippen LogP contribution in [0.1, 0.15) is 16.1 Å². The number of amides is 1. The van der Waals surface area contributed by atoms with Crippen LogP contribution < -0.4 is 0 Å². The van der Waals surface area contributed by atoms with Crippen LogP contribution >= 0.6 is 11.3 Å². The summed E-state index contributed by atoms with van der Waals surface area (Å²) >= 11 is 1.48. The number of thiazole rings is 1. The van der Waals surface area contributed by atoms with Gasteiger partial charge in [0, 0.05) is 43.5 Å². The average molecular weight is 299 g/mol. The molecule has 0 bridgehead atoms. The second kappa shape index (κ2) is 5.24. The van der Waals surface area contributed by atoms with Crippen molar-refractivity contribution in [3.8, 4) is 0 Å². The van der Waals surface area contributed by atoms with Crippen LogP contribution in [0.2, 0.25) is 0 Å². The van der Waals surface area contributed by atoms with Gasteiger partial charge in [0.2, 0.25) is 0 Å². The van der Waals surface area contributed by atoms with E-state index in [0.717, 1.165) is 26.2 Å². The zero-order valence-corrected chi connectivity index (χ0v) is 12.5. The van der Waals surface area contributed by atoms with E-state index in [-0.39, 0.29) is 5.91 Å². The lowest BCUT2D eigenvalue weighted by atomic mass is 9.91. The molecule has 108 valence electrons. The summed E-state index contributed by atoms with van der Waals surface area (Å²) in [5.41, 5.74) is 3.66. The SMILES string of the molecule is O=C(c1cscn1)N1C[C@H]2CN(Cc3ccccc3)[C@H]2C1. The molecule has 2 aromatic rings. The minimum Gasteiger partial charge on any atom is -0.335 e. The fourth-order valence-corrected chi connectivity index (χ4v) is 3.92. The van der Waals surface area contributed by atoms with Gasteiger partial charge in [-0.1, -0.05) is 30.3 Å². The highest BCUT2D eigenvalue weighted by molar-refractivity contribution is 7.07. The van der Waals surface area contributed by atoms with Gasteiger partial charge in [0.1, 0.15) is 5.69 Å². The van der Waals surface area contributed by atoms with Crippen molar-refractivity contribution >= 4 is 17.2 Å². The van der Waals surface area contributed by atoms with Gasteiger partial charge in [-0.15, -0.1) is 11.3 Å². The molecular formula is C16H17N3OS. The first kappa shape index (κ1) is 13.0. The Balaban J connectivity index is 1.40. The van der Waals surface area contributed by atoms with Crippen LogP contribution in [0.4, 0.5) is 0 Å². The monoisotopic (exact) mass is 299 g/mol. The van der Waals surface area contributed by atoms with Gasteiger partial charge in [-0.05, 0) is 5.56 Å². The predicted octanol–water partition coefficient (Wildman–Crippen LogP) is 2.10. The van der Waals surface area contributed by atoms with Crippen molar-refractivity contribution in [2.45, 2.75) is 12.6 Å². The maximum atomic E-state index is 12.3. The van der Waals surface area contributed by atoms with Crippen LogP contribution in [0.3, 0.4) is 0 Å². The summed E-state index contributed by atoms with van der Waals surface area (Å²) in [4.78, 5) is 20.9. The van der Waals surface area contributed by atoms with Crippen LogP contribution in [0.25, 0.3) is 0 Å². The molecule has 21 heavy (non-hydrogen) atoms. The van der Waals surface area contributed by atoms with Crippen molar-refractivity contribution < 1.29 is 4.79 Å². The van der Waals surface area contributed by atoms with Gasteiger partial charge in [-0.3, -0.25) is 9.69 Å². The third-order valence-electron chi connectivity index (χ3n) is 4.51. The first-order valence-corrected chi connectivity index (χ1v) is 8.21. The van der Waals surface area contributed by atoms with Gasteiger partial charge in [-0.25, -0.2) is 4.98 Å². The Morgan fingerprint density at radius 2 is 2.10 bits per heavy atom. The van der Waals surface area contributed by atoms with Gasteiger partial charge in [0.15, 0.2) is 0 Å². The molecule has 0 aliphatic carbocycles. The van der Waals surface area contributed by atoms with Gasteiger partial charge in [0.25, 0.3) is 5.91 Å². The van der Waals surface area contributed by atoms with E-state index in [1.54, 1.807) is 5.51 Å². The molecule has 1 amide bonds. The molecule has 0 N–H and O–H groups in total. The van der Waals surface area contributed by atoms with Crippen LogP contribution in [-0.2, 0) is 6.54 Å². The van der Waals surface area contributed by atoms with E-state index in [4.69, 9.17) is 0 Å². The quantitative estimate of drug-likeness (QED) is 0.871. The summed E-state index contributed by atoms with van der Waals surface area (Å²) < 4.78 is 0. The zero-order valence-electron chi connectivity index (χ0n) is 11.7. The van der Waals surface area contributed by atoms with Crippen molar-refractivity contribution in [3.63, 3.8) is 0 Å². The summed E-state index contributed by atoms with van der Waals surface area (Å²) in [6.45, 7) is 3.81. The number of rotatable bonds is 3. The Morgan fingerprint density at radius 1 is 1.24 bits per heavy atom. The maximum absolute atomic E-state index is 12.3. The second-order valence-corrected chi connectivity index (χ2v) is 6.54.